The molecule has 0 fully saturated rings. The van der Waals surface area contributed by atoms with Crippen LogP contribution in [0.2, 0.25) is 0 Å². The van der Waals surface area contributed by atoms with Crippen LogP contribution < -0.4 is 10.6 Å². The Morgan fingerprint density at radius 1 is 1.47 bits per heavy atom. The number of hydrogen-bond acceptors (Lipinski definition) is 5. The predicted octanol–water partition coefficient (Wildman–Crippen LogP) is 1.03. The molecule has 0 saturated heterocycles. The zero-order valence-corrected chi connectivity index (χ0v) is 9.40. The molecule has 76 valence electrons. The number of halogens is 1. The SMILES string of the molecule is Nc1ncc2c(n1)N1CCN=C1C(Br)=C2. The Labute approximate surface area is 94.9 Å². The first-order valence-corrected chi connectivity index (χ1v) is 5.37. The Bertz CT molecular complexity index is 493. The summed E-state index contributed by atoms with van der Waals surface area (Å²) >= 11 is 3.49. The number of fused-ring (bicyclic) bond motifs is 3. The summed E-state index contributed by atoms with van der Waals surface area (Å²) in [6, 6.07) is 0. The van der Waals surface area contributed by atoms with Crippen LogP contribution in [0, 0.1) is 0 Å². The average molecular weight is 266 g/mol. The van der Waals surface area contributed by atoms with E-state index in [4.69, 9.17) is 5.73 Å². The lowest BCUT2D eigenvalue weighted by Gasteiger charge is -2.24. The quantitative estimate of drug-likeness (QED) is 0.761. The third-order valence-corrected chi connectivity index (χ3v) is 2.99. The average Bonchev–Trinajstić information content (AvgIpc) is 2.69. The summed E-state index contributed by atoms with van der Waals surface area (Å²) in [7, 11) is 0. The summed E-state index contributed by atoms with van der Waals surface area (Å²) in [5, 5.41) is 0. The van der Waals surface area contributed by atoms with Crippen LogP contribution in [0.15, 0.2) is 15.7 Å². The van der Waals surface area contributed by atoms with E-state index < -0.39 is 0 Å². The summed E-state index contributed by atoms with van der Waals surface area (Å²) in [5.74, 6) is 2.08. The van der Waals surface area contributed by atoms with E-state index >= 15 is 0 Å². The van der Waals surface area contributed by atoms with Crippen molar-refractivity contribution in [2.45, 2.75) is 0 Å². The number of nitrogens with two attached hydrogens (primary N) is 1. The highest BCUT2D eigenvalue weighted by Gasteiger charge is 2.28. The number of nitrogen functional groups attached to an aromatic ring is 1. The van der Waals surface area contributed by atoms with E-state index in [0.717, 1.165) is 34.8 Å². The molecule has 0 spiro atoms. The minimum atomic E-state index is 0.298. The molecule has 2 N–H and O–H groups in total. The van der Waals surface area contributed by atoms with Gasteiger partial charge < -0.3 is 10.6 Å². The maximum absolute atomic E-state index is 5.58. The van der Waals surface area contributed by atoms with Gasteiger partial charge in [-0.3, -0.25) is 4.99 Å². The van der Waals surface area contributed by atoms with Gasteiger partial charge in [0.05, 0.1) is 11.0 Å². The lowest BCUT2D eigenvalue weighted by atomic mass is 10.2. The van der Waals surface area contributed by atoms with Crippen LogP contribution in [0.25, 0.3) is 6.08 Å². The molecule has 15 heavy (non-hydrogen) atoms. The van der Waals surface area contributed by atoms with Crippen molar-refractivity contribution in [3.8, 4) is 0 Å². The number of nitrogens with zero attached hydrogens (tertiary/aromatic N) is 4. The zero-order valence-electron chi connectivity index (χ0n) is 7.81. The maximum Gasteiger partial charge on any atom is 0.221 e. The number of amidine groups is 1. The monoisotopic (exact) mass is 265 g/mol. The van der Waals surface area contributed by atoms with Crippen LogP contribution in [-0.4, -0.2) is 28.9 Å². The Balaban J connectivity index is 2.23. The highest BCUT2D eigenvalue weighted by Crippen LogP contribution is 2.32. The van der Waals surface area contributed by atoms with Gasteiger partial charge >= 0.3 is 0 Å². The third kappa shape index (κ3) is 1.25. The molecule has 0 saturated carbocycles. The van der Waals surface area contributed by atoms with Gasteiger partial charge in [-0.15, -0.1) is 0 Å². The Morgan fingerprint density at radius 2 is 2.33 bits per heavy atom. The molecule has 6 heteroatoms. The molecule has 2 aliphatic heterocycles. The highest BCUT2D eigenvalue weighted by molar-refractivity contribution is 9.12. The summed E-state index contributed by atoms with van der Waals surface area (Å²) in [6.07, 6.45) is 3.70. The van der Waals surface area contributed by atoms with Gasteiger partial charge in [0, 0.05) is 18.3 Å². The number of aromatic nitrogens is 2. The van der Waals surface area contributed by atoms with Gasteiger partial charge in [-0.25, -0.2) is 4.98 Å². The van der Waals surface area contributed by atoms with Gasteiger partial charge in [0.25, 0.3) is 0 Å². The van der Waals surface area contributed by atoms with E-state index in [1.165, 1.54) is 0 Å². The van der Waals surface area contributed by atoms with E-state index in [2.05, 4.69) is 35.8 Å². The number of rotatable bonds is 0. The molecule has 0 aliphatic carbocycles. The second-order valence-electron chi connectivity index (χ2n) is 3.36. The molecule has 2 aliphatic rings. The first kappa shape index (κ1) is 8.84. The van der Waals surface area contributed by atoms with E-state index in [0.29, 0.717) is 5.95 Å². The molecule has 0 bridgehead atoms. The van der Waals surface area contributed by atoms with Gasteiger partial charge in [-0.1, -0.05) is 0 Å². The molecular weight excluding hydrogens is 258 g/mol. The van der Waals surface area contributed by atoms with Crippen LogP contribution in [0.5, 0.6) is 0 Å². The molecule has 0 atom stereocenters. The van der Waals surface area contributed by atoms with Crippen molar-refractivity contribution >= 4 is 39.6 Å². The molecule has 0 amide bonds. The fourth-order valence-electron chi connectivity index (χ4n) is 1.77. The highest BCUT2D eigenvalue weighted by atomic mass is 79.9. The molecule has 0 radical (unpaired) electrons. The van der Waals surface area contributed by atoms with E-state index in [9.17, 15) is 0 Å². The lowest BCUT2D eigenvalue weighted by Crippen LogP contribution is -2.31. The number of anilines is 2. The fourth-order valence-corrected chi connectivity index (χ4v) is 2.36. The predicted molar refractivity (Wildman–Crippen MR) is 63.0 cm³/mol. The van der Waals surface area contributed by atoms with Gasteiger partial charge in [0.15, 0.2) is 0 Å². The van der Waals surface area contributed by atoms with E-state index in [1.807, 2.05) is 6.08 Å². The minimum absolute atomic E-state index is 0.298. The van der Waals surface area contributed by atoms with Crippen molar-refractivity contribution in [3.05, 3.63) is 16.2 Å². The van der Waals surface area contributed by atoms with Gasteiger partial charge in [0.2, 0.25) is 5.95 Å². The van der Waals surface area contributed by atoms with Crippen molar-refractivity contribution in [2.24, 2.45) is 4.99 Å². The first-order chi connectivity index (χ1) is 7.25. The van der Waals surface area contributed by atoms with Gasteiger partial charge in [-0.2, -0.15) is 4.98 Å². The zero-order chi connectivity index (χ0) is 10.4. The van der Waals surface area contributed by atoms with Crippen molar-refractivity contribution in [1.29, 1.82) is 0 Å². The van der Waals surface area contributed by atoms with Crippen LogP contribution >= 0.6 is 15.9 Å². The second kappa shape index (κ2) is 3.03. The van der Waals surface area contributed by atoms with Crippen molar-refractivity contribution in [1.82, 2.24) is 9.97 Å². The Morgan fingerprint density at radius 3 is 3.20 bits per heavy atom. The maximum atomic E-state index is 5.58. The number of aliphatic imine (C=N–C) groups is 1. The van der Waals surface area contributed by atoms with Crippen molar-refractivity contribution in [3.63, 3.8) is 0 Å². The normalized spacial score (nSPS) is 18.1. The molecule has 1 aromatic rings. The molecular formula is C9H8BrN5. The molecule has 1 aromatic heterocycles. The van der Waals surface area contributed by atoms with Gasteiger partial charge in [0.1, 0.15) is 11.7 Å². The van der Waals surface area contributed by atoms with Gasteiger partial charge in [-0.05, 0) is 22.0 Å². The van der Waals surface area contributed by atoms with E-state index in [1.54, 1.807) is 6.20 Å². The second-order valence-corrected chi connectivity index (χ2v) is 4.21. The lowest BCUT2D eigenvalue weighted by molar-refractivity contribution is 0.988. The summed E-state index contributed by atoms with van der Waals surface area (Å²) in [5.41, 5.74) is 6.55. The topological polar surface area (TPSA) is 67.4 Å². The summed E-state index contributed by atoms with van der Waals surface area (Å²) < 4.78 is 0.973. The molecule has 3 heterocycles. The minimum Gasteiger partial charge on any atom is -0.368 e. The van der Waals surface area contributed by atoms with E-state index in [-0.39, 0.29) is 0 Å². The Kier molecular flexibility index (Phi) is 1.79. The third-order valence-electron chi connectivity index (χ3n) is 2.41. The van der Waals surface area contributed by atoms with Crippen LogP contribution in [0.1, 0.15) is 5.56 Å². The fraction of sp³-hybridized carbons (Fsp3) is 0.222. The van der Waals surface area contributed by atoms with Crippen LogP contribution in [-0.2, 0) is 0 Å². The Hall–Kier alpha value is -1.43. The largest absolute Gasteiger partial charge is 0.368 e. The van der Waals surface area contributed by atoms with Crippen LogP contribution in [0.3, 0.4) is 0 Å². The first-order valence-electron chi connectivity index (χ1n) is 4.58. The van der Waals surface area contributed by atoms with Crippen molar-refractivity contribution in [2.75, 3.05) is 23.7 Å². The molecule has 3 rings (SSSR count). The molecule has 0 aromatic carbocycles. The molecule has 5 nitrogen and oxygen atoms in total. The standard InChI is InChI=1S/C9H8BrN5/c10-6-3-5-4-13-9(11)14-7(5)15-2-1-12-8(6)15/h3-4H,1-2H2,(H2,11,13,14). The van der Waals surface area contributed by atoms with Crippen molar-refractivity contribution < 1.29 is 0 Å². The molecule has 0 unspecified atom stereocenters. The summed E-state index contributed by atoms with van der Waals surface area (Å²) in [6.45, 7) is 1.64. The van der Waals surface area contributed by atoms with Crippen LogP contribution in [0.4, 0.5) is 11.8 Å². The number of hydrogen-bond donors (Lipinski definition) is 1. The smallest absolute Gasteiger partial charge is 0.221 e. The summed E-state index contributed by atoms with van der Waals surface area (Å²) in [4.78, 5) is 14.7.